The zero-order valence-corrected chi connectivity index (χ0v) is 22.4. The van der Waals surface area contributed by atoms with Crippen molar-refractivity contribution in [1.82, 2.24) is 9.97 Å². The van der Waals surface area contributed by atoms with Crippen molar-refractivity contribution >= 4 is 37.8 Å². The zero-order chi connectivity index (χ0) is 28.4. The fourth-order valence-electron chi connectivity index (χ4n) is 4.49. The highest BCUT2D eigenvalue weighted by molar-refractivity contribution is 8.06. The van der Waals surface area contributed by atoms with Crippen LogP contribution < -0.4 is 4.72 Å². The molecule has 3 aromatic carbocycles. The summed E-state index contributed by atoms with van der Waals surface area (Å²) in [5.41, 5.74) is 3.13. The summed E-state index contributed by atoms with van der Waals surface area (Å²) in [5.74, 6) is -1.77. The molecule has 10 heteroatoms. The first kappa shape index (κ1) is 26.8. The van der Waals surface area contributed by atoms with Crippen LogP contribution in [0.1, 0.15) is 32.6 Å². The molecule has 2 N–H and O–H groups in total. The zero-order valence-electron chi connectivity index (χ0n) is 21.6. The van der Waals surface area contributed by atoms with Gasteiger partial charge >= 0.3 is 15.3 Å². The Kier molecular flexibility index (Phi) is 7.19. The fourth-order valence-corrected chi connectivity index (χ4v) is 5.23. The van der Waals surface area contributed by atoms with Crippen molar-refractivity contribution in [3.8, 4) is 11.1 Å². The molecular formula is C30H24FN3O5S. The Morgan fingerprint density at radius 2 is 1.65 bits per heavy atom. The minimum Gasteiger partial charge on any atom is -0.448 e. The van der Waals surface area contributed by atoms with E-state index in [1.807, 2.05) is 42.0 Å². The van der Waals surface area contributed by atoms with Crippen molar-refractivity contribution in [1.29, 1.82) is 0 Å². The van der Waals surface area contributed by atoms with Crippen LogP contribution in [-0.4, -0.2) is 29.5 Å². The summed E-state index contributed by atoms with van der Waals surface area (Å²) in [6.07, 6.45) is 3.16. The second-order valence-electron chi connectivity index (χ2n) is 9.17. The van der Waals surface area contributed by atoms with E-state index in [9.17, 15) is 18.0 Å². The molecule has 2 heterocycles. The normalized spacial score (nSPS) is 11.4. The maximum Gasteiger partial charge on any atom is 0.445 e. The number of nitrogens with one attached hydrogen (secondary N) is 2. The van der Waals surface area contributed by atoms with E-state index in [1.54, 1.807) is 36.5 Å². The number of sulfonamides is 1. The van der Waals surface area contributed by atoms with Gasteiger partial charge in [0.15, 0.2) is 11.6 Å². The van der Waals surface area contributed by atoms with Crippen molar-refractivity contribution in [2.24, 2.45) is 0 Å². The van der Waals surface area contributed by atoms with Crippen molar-refractivity contribution < 1.29 is 27.1 Å². The highest BCUT2D eigenvalue weighted by atomic mass is 32.2. The highest BCUT2D eigenvalue weighted by Crippen LogP contribution is 2.33. The number of benzene rings is 3. The van der Waals surface area contributed by atoms with Crippen molar-refractivity contribution in [3.05, 3.63) is 119 Å². The van der Waals surface area contributed by atoms with Crippen LogP contribution >= 0.6 is 0 Å². The molecule has 0 radical (unpaired) electrons. The number of nitrogens with zero attached hydrogens (tertiary/aromatic N) is 1. The van der Waals surface area contributed by atoms with Crippen molar-refractivity contribution in [2.45, 2.75) is 20.5 Å². The Balaban J connectivity index is 1.47. The fraction of sp³-hybridized carbons (Fsp3) is 0.100. The molecule has 5 rings (SSSR count). The molecule has 0 atom stereocenters. The smallest absolute Gasteiger partial charge is 0.445 e. The second-order valence-corrected chi connectivity index (χ2v) is 10.7. The quantitative estimate of drug-likeness (QED) is 0.179. The number of ketones is 1. The van der Waals surface area contributed by atoms with Crippen LogP contribution in [0.5, 0.6) is 0 Å². The van der Waals surface area contributed by atoms with Gasteiger partial charge < -0.3 is 9.72 Å². The van der Waals surface area contributed by atoms with Crippen LogP contribution in [0.25, 0.3) is 22.2 Å². The molecule has 8 nitrogen and oxygen atoms in total. The summed E-state index contributed by atoms with van der Waals surface area (Å²) in [5, 5.41) is -1.04. The number of carbonyl (C=O) groups excluding carboxylic acids is 2. The number of aromatic nitrogens is 2. The van der Waals surface area contributed by atoms with Crippen molar-refractivity contribution in [2.75, 3.05) is 4.72 Å². The monoisotopic (exact) mass is 557 g/mol. The number of rotatable bonds is 7. The highest BCUT2D eigenvalue weighted by Gasteiger charge is 2.29. The van der Waals surface area contributed by atoms with Gasteiger partial charge in [-0.15, -0.1) is 0 Å². The van der Waals surface area contributed by atoms with E-state index in [1.165, 1.54) is 19.2 Å². The lowest BCUT2D eigenvalue weighted by molar-refractivity contribution is 0.103. The first-order chi connectivity index (χ1) is 19.2. The Hall–Kier alpha value is -4.83. The summed E-state index contributed by atoms with van der Waals surface area (Å²) in [7, 11) is -4.77. The number of fused-ring (bicyclic) bond motifs is 1. The van der Waals surface area contributed by atoms with Gasteiger partial charge in [-0.25, -0.2) is 14.2 Å². The van der Waals surface area contributed by atoms with E-state index < -0.39 is 32.6 Å². The Bertz CT molecular complexity index is 1850. The average molecular weight is 558 g/mol. The number of aryl methyl sites for hydroxylation is 2. The number of hydrogen-bond acceptors (Lipinski definition) is 6. The molecule has 0 spiro atoms. The van der Waals surface area contributed by atoms with Crippen molar-refractivity contribution in [3.63, 3.8) is 0 Å². The molecule has 0 aliphatic heterocycles. The molecule has 0 unspecified atom stereocenters. The molecule has 202 valence electrons. The lowest BCUT2D eigenvalue weighted by atomic mass is 9.94. The topological polar surface area (TPSA) is 118 Å². The van der Waals surface area contributed by atoms with Gasteiger partial charge in [0.05, 0.1) is 11.3 Å². The van der Waals surface area contributed by atoms with Crippen LogP contribution in [0.15, 0.2) is 85.2 Å². The van der Waals surface area contributed by atoms with E-state index in [2.05, 4.69) is 9.97 Å². The summed E-state index contributed by atoms with van der Waals surface area (Å²) in [6, 6.07) is 20.6. The van der Waals surface area contributed by atoms with Crippen LogP contribution in [0, 0.1) is 19.7 Å². The molecule has 40 heavy (non-hydrogen) atoms. The molecule has 0 saturated carbocycles. The maximum atomic E-state index is 15.7. The van der Waals surface area contributed by atoms with Gasteiger partial charge in [0.25, 0.3) is 0 Å². The third kappa shape index (κ3) is 5.08. The van der Waals surface area contributed by atoms with Crippen LogP contribution in [0.2, 0.25) is 0 Å². The molecule has 0 fully saturated rings. The maximum absolute atomic E-state index is 15.7. The molecule has 0 amide bonds. The summed E-state index contributed by atoms with van der Waals surface area (Å²) >= 11 is 0. The second kappa shape index (κ2) is 10.7. The number of anilines is 1. The minimum atomic E-state index is -4.77. The summed E-state index contributed by atoms with van der Waals surface area (Å²) in [4.78, 5) is 33.4. The number of aromatic amines is 1. The van der Waals surface area contributed by atoms with Gasteiger partial charge in [0, 0.05) is 28.9 Å². The van der Waals surface area contributed by atoms with E-state index in [0.717, 1.165) is 22.8 Å². The predicted octanol–water partition coefficient (Wildman–Crippen LogP) is 6.30. The van der Waals surface area contributed by atoms with E-state index in [4.69, 9.17) is 4.74 Å². The van der Waals surface area contributed by atoms with Gasteiger partial charge in [-0.05, 0) is 42.2 Å². The summed E-state index contributed by atoms with van der Waals surface area (Å²) in [6.45, 7) is 3.11. The van der Waals surface area contributed by atoms with Crippen LogP contribution in [-0.2, 0) is 21.4 Å². The first-order valence-electron chi connectivity index (χ1n) is 12.3. The van der Waals surface area contributed by atoms with Gasteiger partial charge in [-0.3, -0.25) is 9.52 Å². The molecule has 0 saturated heterocycles. The van der Waals surface area contributed by atoms with Gasteiger partial charge in [-0.2, -0.15) is 8.42 Å². The third-order valence-electron chi connectivity index (χ3n) is 6.53. The standard InChI is InChI=1S/C30H24FN3O5S/c1-18-13-14-24(34-40(37,38)30(36)39-17-20-9-5-3-6-10-20)27(31)25(18)28(35)23-16-33-29-26(23)19(2)22(15-32-29)21-11-7-4-8-12-21/h3-16,34H,17H2,1-2H3,(H,32,33). The number of ether oxygens (including phenoxy) is 1. The van der Waals surface area contributed by atoms with Gasteiger partial charge in [0.2, 0.25) is 0 Å². The number of carbonyl (C=O) groups is 2. The molecule has 5 aromatic rings. The third-order valence-corrected chi connectivity index (χ3v) is 7.58. The van der Waals surface area contributed by atoms with Crippen LogP contribution in [0.3, 0.4) is 0 Å². The Labute approximate surface area is 229 Å². The number of pyridine rings is 1. The molecular weight excluding hydrogens is 533 g/mol. The molecule has 0 aliphatic carbocycles. The molecule has 2 aromatic heterocycles. The number of halogens is 1. The van der Waals surface area contributed by atoms with E-state index in [0.29, 0.717) is 16.6 Å². The van der Waals surface area contributed by atoms with E-state index in [-0.39, 0.29) is 23.3 Å². The number of H-pyrrole nitrogens is 1. The number of hydrogen-bond donors (Lipinski definition) is 2. The van der Waals surface area contributed by atoms with E-state index >= 15 is 4.39 Å². The predicted molar refractivity (Wildman–Crippen MR) is 150 cm³/mol. The summed E-state index contributed by atoms with van der Waals surface area (Å²) < 4.78 is 47.8. The largest absolute Gasteiger partial charge is 0.448 e. The Morgan fingerprint density at radius 1 is 0.975 bits per heavy atom. The first-order valence-corrected chi connectivity index (χ1v) is 13.7. The van der Waals surface area contributed by atoms with Gasteiger partial charge in [0.1, 0.15) is 12.3 Å². The van der Waals surface area contributed by atoms with Crippen LogP contribution in [0.4, 0.5) is 14.9 Å². The lowest BCUT2D eigenvalue weighted by Gasteiger charge is -2.13. The van der Waals surface area contributed by atoms with Gasteiger partial charge in [-0.1, -0.05) is 66.7 Å². The SMILES string of the molecule is Cc1ccc(NS(=O)(=O)C(=O)OCc2ccccc2)c(F)c1C(=O)c1c[nH]c2ncc(-c3ccccc3)c(C)c12. The Morgan fingerprint density at radius 3 is 2.35 bits per heavy atom. The average Bonchev–Trinajstić information content (AvgIpc) is 3.40. The molecule has 0 bridgehead atoms. The minimum absolute atomic E-state index is 0.182. The molecule has 0 aliphatic rings. The lowest BCUT2D eigenvalue weighted by Crippen LogP contribution is -2.25.